The number of aliphatic imine (C=N–C) groups is 2. The van der Waals surface area contributed by atoms with Crippen LogP contribution in [0.25, 0.3) is 0 Å². The molecule has 1 aromatic heterocycles. The highest BCUT2D eigenvalue weighted by Gasteiger charge is 2.42. The predicted octanol–water partition coefficient (Wildman–Crippen LogP) is 2.32. The van der Waals surface area contributed by atoms with Crippen LogP contribution in [0, 0.1) is 0 Å². The highest BCUT2D eigenvalue weighted by atomic mass is 16.3. The fourth-order valence-electron chi connectivity index (χ4n) is 3.94. The maximum Gasteiger partial charge on any atom is 0.251 e. The zero-order chi connectivity index (χ0) is 19.6. The van der Waals surface area contributed by atoms with Gasteiger partial charge >= 0.3 is 0 Å². The van der Waals surface area contributed by atoms with E-state index in [9.17, 15) is 4.79 Å². The van der Waals surface area contributed by atoms with Crippen LogP contribution in [0.4, 0.5) is 5.69 Å². The topological polar surface area (TPSA) is 122 Å². The Kier molecular flexibility index (Phi) is 4.77. The van der Waals surface area contributed by atoms with E-state index in [1.54, 1.807) is 24.5 Å². The second kappa shape index (κ2) is 7.38. The number of furan rings is 1. The third-order valence-corrected chi connectivity index (χ3v) is 5.24. The van der Waals surface area contributed by atoms with Crippen molar-refractivity contribution in [2.75, 3.05) is 4.90 Å². The summed E-state index contributed by atoms with van der Waals surface area (Å²) in [4.78, 5) is 23.2. The minimum atomic E-state index is -0.489. The third kappa shape index (κ3) is 3.45. The average Bonchev–Trinajstić information content (AvgIpc) is 3.20. The van der Waals surface area contributed by atoms with E-state index >= 15 is 0 Å². The molecule has 1 aromatic carbocycles. The zero-order valence-corrected chi connectivity index (χ0v) is 15.6. The molecule has 0 unspecified atom stereocenters. The lowest BCUT2D eigenvalue weighted by molar-refractivity contribution is 0.0948. The minimum absolute atomic E-state index is 0.169. The molecule has 146 valence electrons. The first-order valence-corrected chi connectivity index (χ1v) is 9.48. The van der Waals surface area contributed by atoms with Crippen molar-refractivity contribution in [1.82, 2.24) is 5.32 Å². The highest BCUT2D eigenvalue weighted by Crippen LogP contribution is 2.39. The van der Waals surface area contributed by atoms with Crippen LogP contribution >= 0.6 is 0 Å². The van der Waals surface area contributed by atoms with Crippen LogP contribution < -0.4 is 21.7 Å². The van der Waals surface area contributed by atoms with Gasteiger partial charge in [0.25, 0.3) is 5.91 Å². The van der Waals surface area contributed by atoms with Crippen LogP contribution in [0.15, 0.2) is 57.1 Å². The predicted molar refractivity (Wildman–Crippen MR) is 108 cm³/mol. The normalized spacial score (nSPS) is 18.5. The summed E-state index contributed by atoms with van der Waals surface area (Å²) < 4.78 is 5.23. The van der Waals surface area contributed by atoms with Crippen molar-refractivity contribution in [2.24, 2.45) is 21.5 Å². The summed E-state index contributed by atoms with van der Waals surface area (Å²) >= 11 is 0. The Bertz CT molecular complexity index is 895. The van der Waals surface area contributed by atoms with Gasteiger partial charge in [-0.3, -0.25) is 9.69 Å². The number of hydrogen-bond acceptors (Lipinski definition) is 7. The molecule has 1 fully saturated rings. The lowest BCUT2D eigenvalue weighted by Gasteiger charge is -2.45. The summed E-state index contributed by atoms with van der Waals surface area (Å²) in [5, 5.41) is 2.84. The summed E-state index contributed by atoms with van der Waals surface area (Å²) in [5.74, 6) is 1.10. The van der Waals surface area contributed by atoms with E-state index in [-0.39, 0.29) is 11.9 Å². The first kappa shape index (κ1) is 18.1. The molecule has 4 rings (SSSR count). The molecule has 0 saturated heterocycles. The van der Waals surface area contributed by atoms with Crippen molar-refractivity contribution in [1.29, 1.82) is 0 Å². The standard InChI is InChI=1S/C20H24N6O2/c21-18-24-19(22)26(20(25-18)10-2-1-3-11-20)15-8-6-14(7-9-15)17(27)23-13-16-5-4-12-28-16/h4-9,12H,1-3,10-11,13H2,(H,23,27)(H4,21,22,24,25). The van der Waals surface area contributed by atoms with E-state index in [0.29, 0.717) is 23.8 Å². The summed E-state index contributed by atoms with van der Waals surface area (Å²) in [7, 11) is 0. The van der Waals surface area contributed by atoms with Gasteiger partial charge in [0.1, 0.15) is 11.4 Å². The maximum absolute atomic E-state index is 12.4. The number of benzene rings is 1. The molecule has 28 heavy (non-hydrogen) atoms. The van der Waals surface area contributed by atoms with E-state index in [1.165, 1.54) is 6.42 Å². The molecule has 2 heterocycles. The maximum atomic E-state index is 12.4. The van der Waals surface area contributed by atoms with Gasteiger partial charge in [0.2, 0.25) is 11.9 Å². The van der Waals surface area contributed by atoms with Gasteiger partial charge in [-0.1, -0.05) is 6.42 Å². The lowest BCUT2D eigenvalue weighted by Crippen LogP contribution is -2.58. The van der Waals surface area contributed by atoms with Crippen molar-refractivity contribution in [3.05, 3.63) is 54.0 Å². The number of nitrogens with zero attached hydrogens (tertiary/aromatic N) is 3. The van der Waals surface area contributed by atoms with E-state index in [0.717, 1.165) is 31.4 Å². The number of nitrogens with two attached hydrogens (primary N) is 2. The summed E-state index contributed by atoms with van der Waals surface area (Å²) in [6, 6.07) is 10.9. The van der Waals surface area contributed by atoms with Crippen LogP contribution in [-0.4, -0.2) is 23.5 Å². The van der Waals surface area contributed by atoms with Gasteiger partial charge < -0.3 is 21.2 Å². The first-order valence-electron chi connectivity index (χ1n) is 9.48. The van der Waals surface area contributed by atoms with E-state index in [1.807, 2.05) is 23.1 Å². The number of anilines is 1. The third-order valence-electron chi connectivity index (χ3n) is 5.24. The number of guanidine groups is 2. The van der Waals surface area contributed by atoms with E-state index in [4.69, 9.17) is 15.9 Å². The molecular formula is C20H24N6O2. The summed E-state index contributed by atoms with van der Waals surface area (Å²) in [6.45, 7) is 0.344. The molecule has 2 aromatic rings. The molecule has 8 heteroatoms. The van der Waals surface area contributed by atoms with Crippen molar-refractivity contribution < 1.29 is 9.21 Å². The molecule has 0 atom stereocenters. The number of hydrogen-bond donors (Lipinski definition) is 3. The fourth-order valence-corrected chi connectivity index (χ4v) is 3.94. The second-order valence-corrected chi connectivity index (χ2v) is 7.13. The highest BCUT2D eigenvalue weighted by molar-refractivity contribution is 6.06. The molecule has 1 amide bonds. The lowest BCUT2D eigenvalue weighted by atomic mass is 9.87. The first-order chi connectivity index (χ1) is 13.6. The van der Waals surface area contributed by atoms with E-state index < -0.39 is 5.66 Å². The molecule has 0 bridgehead atoms. The minimum Gasteiger partial charge on any atom is -0.467 e. The summed E-state index contributed by atoms with van der Waals surface area (Å²) in [5.41, 5.74) is 13.1. The number of nitrogens with one attached hydrogen (secondary N) is 1. The number of rotatable bonds is 4. The Morgan fingerprint density at radius 2 is 1.89 bits per heavy atom. The molecule has 5 N–H and O–H groups in total. The molecule has 8 nitrogen and oxygen atoms in total. The van der Waals surface area contributed by atoms with Gasteiger partial charge in [0.05, 0.1) is 12.8 Å². The van der Waals surface area contributed by atoms with Crippen LogP contribution in [0.5, 0.6) is 0 Å². The van der Waals surface area contributed by atoms with Gasteiger partial charge in [0, 0.05) is 11.3 Å². The zero-order valence-electron chi connectivity index (χ0n) is 15.6. The van der Waals surface area contributed by atoms with Crippen LogP contribution in [0.1, 0.15) is 48.2 Å². The molecule has 1 aliphatic carbocycles. The Morgan fingerprint density at radius 3 is 2.57 bits per heavy atom. The van der Waals surface area contributed by atoms with Gasteiger partial charge in [-0.2, -0.15) is 4.99 Å². The van der Waals surface area contributed by atoms with E-state index in [2.05, 4.69) is 15.3 Å². The smallest absolute Gasteiger partial charge is 0.251 e. The largest absolute Gasteiger partial charge is 0.467 e. The van der Waals surface area contributed by atoms with Crippen LogP contribution in [0.2, 0.25) is 0 Å². The van der Waals surface area contributed by atoms with Gasteiger partial charge in [-0.25, -0.2) is 4.99 Å². The molecule has 1 saturated carbocycles. The number of carbonyl (C=O) groups is 1. The Balaban J connectivity index is 1.53. The van der Waals surface area contributed by atoms with Gasteiger partial charge in [-0.15, -0.1) is 0 Å². The van der Waals surface area contributed by atoms with Gasteiger partial charge in [0.15, 0.2) is 0 Å². The van der Waals surface area contributed by atoms with Gasteiger partial charge in [-0.05, 0) is 62.1 Å². The molecule has 1 spiro atoms. The molecule has 2 aliphatic rings. The SMILES string of the molecule is NC1=NC2(CCCCC2)N(c2ccc(C(=O)NCc3ccco3)cc2)C(N)=N1. The summed E-state index contributed by atoms with van der Waals surface area (Å²) in [6.07, 6.45) is 6.63. The van der Waals surface area contributed by atoms with Crippen molar-refractivity contribution in [3.63, 3.8) is 0 Å². The second-order valence-electron chi connectivity index (χ2n) is 7.13. The number of amides is 1. The van der Waals surface area contributed by atoms with Crippen molar-refractivity contribution in [2.45, 2.75) is 44.3 Å². The fraction of sp³-hybridized carbons (Fsp3) is 0.350. The van der Waals surface area contributed by atoms with Crippen molar-refractivity contribution in [3.8, 4) is 0 Å². The quantitative estimate of drug-likeness (QED) is 0.751. The van der Waals surface area contributed by atoms with Crippen molar-refractivity contribution >= 4 is 23.5 Å². The molecule has 1 aliphatic heterocycles. The monoisotopic (exact) mass is 380 g/mol. The van der Waals surface area contributed by atoms with Crippen LogP contribution in [0.3, 0.4) is 0 Å². The Hall–Kier alpha value is -3.29. The average molecular weight is 380 g/mol. The molecule has 0 radical (unpaired) electrons. The Labute approximate surface area is 163 Å². The van der Waals surface area contributed by atoms with Crippen LogP contribution in [-0.2, 0) is 6.54 Å². The number of carbonyl (C=O) groups excluding carboxylic acids is 1. The molecular weight excluding hydrogens is 356 g/mol. The Morgan fingerprint density at radius 1 is 1.14 bits per heavy atom.